The van der Waals surface area contributed by atoms with Crippen molar-refractivity contribution in [3.8, 4) is 0 Å². The number of benzene rings is 1. The Hall–Kier alpha value is -2.16. The van der Waals surface area contributed by atoms with Gasteiger partial charge in [-0.15, -0.1) is 0 Å². The third-order valence-electron chi connectivity index (χ3n) is 2.53. The van der Waals surface area contributed by atoms with E-state index < -0.39 is 9.85 Å². The lowest BCUT2D eigenvalue weighted by molar-refractivity contribution is -0.393. The van der Waals surface area contributed by atoms with E-state index in [1.54, 1.807) is 11.8 Å². The number of nitro benzene ring substituents is 2. The summed E-state index contributed by atoms with van der Waals surface area (Å²) in [6, 6.07) is 3.42. The molecule has 1 aromatic carbocycles. The van der Waals surface area contributed by atoms with Crippen LogP contribution in [0.25, 0.3) is 0 Å². The van der Waals surface area contributed by atoms with E-state index in [1.165, 1.54) is 12.1 Å². The minimum absolute atomic E-state index is 0.153. The summed E-state index contributed by atoms with van der Waals surface area (Å²) in [6.45, 7) is 0. The quantitative estimate of drug-likeness (QED) is 0.670. The number of non-ortho nitro benzene ring substituents is 1. The highest BCUT2D eigenvalue weighted by atomic mass is 32.2. The van der Waals surface area contributed by atoms with Crippen LogP contribution in [-0.2, 0) is 0 Å². The molecule has 1 heterocycles. The maximum absolute atomic E-state index is 10.9. The SMILES string of the molecule is O=[N+]([O-])c1ccc(NN=C2CCSC2)c([N+](=O)[O-])c1. The Kier molecular flexibility index (Phi) is 3.95. The normalized spacial score (nSPS) is 16.5. The zero-order chi connectivity index (χ0) is 13.8. The van der Waals surface area contributed by atoms with Gasteiger partial charge in [0.05, 0.1) is 15.9 Å². The average Bonchev–Trinajstić information content (AvgIpc) is 2.89. The fourth-order valence-corrected chi connectivity index (χ4v) is 2.53. The predicted molar refractivity (Wildman–Crippen MR) is 72.8 cm³/mol. The van der Waals surface area contributed by atoms with Crippen molar-refractivity contribution < 1.29 is 9.85 Å². The second-order valence-corrected chi connectivity index (χ2v) is 4.91. The Morgan fingerprint density at radius 1 is 1.26 bits per heavy atom. The fraction of sp³-hybridized carbons (Fsp3) is 0.300. The number of nitrogens with zero attached hydrogens (tertiary/aromatic N) is 3. The predicted octanol–water partition coefficient (Wildman–Crippen LogP) is 2.41. The van der Waals surface area contributed by atoms with Crippen LogP contribution in [0.4, 0.5) is 17.1 Å². The van der Waals surface area contributed by atoms with E-state index in [1.807, 2.05) is 0 Å². The molecular formula is C10H10N4O4S. The van der Waals surface area contributed by atoms with Crippen LogP contribution >= 0.6 is 11.8 Å². The van der Waals surface area contributed by atoms with Gasteiger partial charge < -0.3 is 0 Å². The highest BCUT2D eigenvalue weighted by Crippen LogP contribution is 2.29. The van der Waals surface area contributed by atoms with Crippen LogP contribution in [0.5, 0.6) is 0 Å². The molecule has 1 N–H and O–H groups in total. The van der Waals surface area contributed by atoms with Crippen molar-refractivity contribution in [3.63, 3.8) is 0 Å². The van der Waals surface area contributed by atoms with Crippen molar-refractivity contribution >= 4 is 34.5 Å². The van der Waals surface area contributed by atoms with Crippen molar-refractivity contribution in [1.29, 1.82) is 0 Å². The number of nitro groups is 2. The number of hydrazone groups is 1. The van der Waals surface area contributed by atoms with Gasteiger partial charge in [0.25, 0.3) is 5.69 Å². The fourth-order valence-electron chi connectivity index (χ4n) is 1.56. The van der Waals surface area contributed by atoms with E-state index in [2.05, 4.69) is 10.5 Å². The summed E-state index contributed by atoms with van der Waals surface area (Å²) in [7, 11) is 0. The van der Waals surface area contributed by atoms with Crippen molar-refractivity contribution in [2.75, 3.05) is 16.9 Å². The topological polar surface area (TPSA) is 111 Å². The molecule has 8 nitrogen and oxygen atoms in total. The van der Waals surface area contributed by atoms with Crippen molar-refractivity contribution in [1.82, 2.24) is 0 Å². The number of hydrogen-bond donors (Lipinski definition) is 1. The molecule has 0 spiro atoms. The van der Waals surface area contributed by atoms with Gasteiger partial charge in [0.15, 0.2) is 0 Å². The summed E-state index contributed by atoms with van der Waals surface area (Å²) in [5.41, 5.74) is 3.02. The highest BCUT2D eigenvalue weighted by molar-refractivity contribution is 8.00. The van der Waals surface area contributed by atoms with Crippen LogP contribution in [0.1, 0.15) is 6.42 Å². The van der Waals surface area contributed by atoms with Gasteiger partial charge in [-0.05, 0) is 18.2 Å². The second kappa shape index (κ2) is 5.65. The molecule has 2 rings (SSSR count). The average molecular weight is 282 g/mol. The van der Waals surface area contributed by atoms with E-state index in [0.717, 1.165) is 29.7 Å². The Labute approximate surface area is 112 Å². The lowest BCUT2D eigenvalue weighted by Crippen LogP contribution is -2.02. The second-order valence-electron chi connectivity index (χ2n) is 3.81. The van der Waals surface area contributed by atoms with Crippen LogP contribution in [0.3, 0.4) is 0 Å². The van der Waals surface area contributed by atoms with Crippen molar-refractivity contribution in [2.45, 2.75) is 6.42 Å². The summed E-state index contributed by atoms with van der Waals surface area (Å²) in [5, 5.41) is 25.6. The first-order chi connectivity index (χ1) is 9.08. The number of nitrogens with one attached hydrogen (secondary N) is 1. The number of anilines is 1. The van der Waals surface area contributed by atoms with Gasteiger partial charge in [-0.1, -0.05) is 0 Å². The van der Waals surface area contributed by atoms with E-state index >= 15 is 0 Å². The minimum Gasteiger partial charge on any atom is -0.272 e. The monoisotopic (exact) mass is 282 g/mol. The summed E-state index contributed by atoms with van der Waals surface area (Å²) < 4.78 is 0. The van der Waals surface area contributed by atoms with Gasteiger partial charge >= 0.3 is 5.69 Å². The number of hydrogen-bond acceptors (Lipinski definition) is 7. The van der Waals surface area contributed by atoms with Gasteiger partial charge in [-0.3, -0.25) is 25.7 Å². The zero-order valence-electron chi connectivity index (χ0n) is 9.74. The lowest BCUT2D eigenvalue weighted by Gasteiger charge is -2.03. The molecule has 19 heavy (non-hydrogen) atoms. The van der Waals surface area contributed by atoms with Gasteiger partial charge in [-0.2, -0.15) is 16.9 Å². The van der Waals surface area contributed by atoms with E-state index in [9.17, 15) is 20.2 Å². The Bertz CT molecular complexity index is 552. The standard InChI is InChI=1S/C10H10N4O4S/c15-13(16)8-1-2-9(10(5-8)14(17)18)12-11-7-3-4-19-6-7/h1-2,5,12H,3-4,6H2. The van der Waals surface area contributed by atoms with Crippen molar-refractivity contribution in [2.24, 2.45) is 5.10 Å². The molecule has 1 aliphatic heterocycles. The first-order valence-corrected chi connectivity index (χ1v) is 6.55. The van der Waals surface area contributed by atoms with E-state index in [4.69, 9.17) is 0 Å². The number of rotatable bonds is 4. The molecule has 1 aromatic rings. The summed E-state index contributed by atoms with van der Waals surface area (Å²) in [6.07, 6.45) is 0.846. The molecule has 0 radical (unpaired) electrons. The van der Waals surface area contributed by atoms with E-state index in [-0.39, 0.29) is 17.1 Å². The maximum Gasteiger partial charge on any atom is 0.301 e. The molecule has 0 amide bonds. The molecule has 9 heteroatoms. The molecular weight excluding hydrogens is 272 g/mol. The third kappa shape index (κ3) is 3.19. The van der Waals surface area contributed by atoms with E-state index in [0.29, 0.717) is 0 Å². The van der Waals surface area contributed by atoms with Crippen LogP contribution in [0.15, 0.2) is 23.3 Å². The van der Waals surface area contributed by atoms with Crippen LogP contribution < -0.4 is 5.43 Å². The molecule has 1 saturated heterocycles. The third-order valence-corrected chi connectivity index (χ3v) is 3.56. The first kappa shape index (κ1) is 13.3. The lowest BCUT2D eigenvalue weighted by atomic mass is 10.2. The summed E-state index contributed by atoms with van der Waals surface area (Å²) in [5.74, 6) is 1.79. The Balaban J connectivity index is 2.26. The van der Waals surface area contributed by atoms with Gasteiger partial charge in [-0.25, -0.2) is 0 Å². The number of thioether (sulfide) groups is 1. The van der Waals surface area contributed by atoms with Crippen LogP contribution in [0, 0.1) is 20.2 Å². The molecule has 0 aromatic heterocycles. The molecule has 0 atom stereocenters. The largest absolute Gasteiger partial charge is 0.301 e. The zero-order valence-corrected chi connectivity index (χ0v) is 10.6. The molecule has 0 saturated carbocycles. The molecule has 0 bridgehead atoms. The first-order valence-electron chi connectivity index (χ1n) is 5.40. The van der Waals surface area contributed by atoms with Crippen LogP contribution in [-0.4, -0.2) is 27.1 Å². The molecule has 100 valence electrons. The molecule has 1 fully saturated rings. The minimum atomic E-state index is -0.670. The molecule has 0 unspecified atom stereocenters. The Morgan fingerprint density at radius 3 is 2.63 bits per heavy atom. The molecule has 1 aliphatic rings. The molecule has 0 aliphatic carbocycles. The van der Waals surface area contributed by atoms with Gasteiger partial charge in [0.1, 0.15) is 5.69 Å². The highest BCUT2D eigenvalue weighted by Gasteiger charge is 2.19. The smallest absolute Gasteiger partial charge is 0.272 e. The van der Waals surface area contributed by atoms with Crippen LogP contribution in [0.2, 0.25) is 0 Å². The summed E-state index contributed by atoms with van der Waals surface area (Å²) >= 11 is 1.74. The van der Waals surface area contributed by atoms with Gasteiger partial charge in [0, 0.05) is 17.5 Å². The Morgan fingerprint density at radius 2 is 2.05 bits per heavy atom. The van der Waals surface area contributed by atoms with Gasteiger partial charge in [0.2, 0.25) is 0 Å². The maximum atomic E-state index is 10.9. The summed E-state index contributed by atoms with van der Waals surface area (Å²) in [4.78, 5) is 20.1. The van der Waals surface area contributed by atoms with Crippen molar-refractivity contribution in [3.05, 3.63) is 38.4 Å².